The average Bonchev–Trinajstić information content (AvgIpc) is 2.73. The predicted molar refractivity (Wildman–Crippen MR) is 79.6 cm³/mol. The Morgan fingerprint density at radius 1 is 1.32 bits per heavy atom. The predicted octanol–water partition coefficient (Wildman–Crippen LogP) is 3.33. The molecule has 0 aliphatic heterocycles. The largest absolute Gasteiger partial charge is 0.290 e. The molecule has 0 radical (unpaired) electrons. The molecule has 0 saturated heterocycles. The lowest BCUT2D eigenvalue weighted by Crippen LogP contribution is -2.16. The zero-order valence-electron chi connectivity index (χ0n) is 11.5. The summed E-state index contributed by atoms with van der Waals surface area (Å²) >= 11 is 1.57. The van der Waals surface area contributed by atoms with Crippen molar-refractivity contribution < 1.29 is 4.79 Å². The quantitative estimate of drug-likeness (QED) is 0.680. The molecular formula is C14H17N3OS. The highest BCUT2D eigenvalue weighted by molar-refractivity contribution is 7.09. The van der Waals surface area contributed by atoms with Crippen LogP contribution < -0.4 is 5.43 Å². The Kier molecular flexibility index (Phi) is 3.95. The van der Waals surface area contributed by atoms with E-state index in [0.717, 1.165) is 27.7 Å². The van der Waals surface area contributed by atoms with E-state index in [0.29, 0.717) is 0 Å². The van der Waals surface area contributed by atoms with Crippen molar-refractivity contribution in [3.63, 3.8) is 0 Å². The third-order valence-electron chi connectivity index (χ3n) is 2.86. The van der Waals surface area contributed by atoms with Crippen LogP contribution >= 0.6 is 11.3 Å². The number of hydrogen-bond donors (Lipinski definition) is 1. The van der Waals surface area contributed by atoms with Gasteiger partial charge in [0.15, 0.2) is 11.6 Å². The zero-order valence-corrected chi connectivity index (χ0v) is 12.3. The second-order valence-electron chi connectivity index (χ2n) is 4.81. The number of hydrogen-bond acceptors (Lipinski definition) is 5. The topological polar surface area (TPSA) is 54.4 Å². The third-order valence-corrected chi connectivity index (χ3v) is 3.63. The molecule has 100 valence electrons. The van der Waals surface area contributed by atoms with Crippen LogP contribution in [0.4, 0.5) is 5.82 Å². The van der Waals surface area contributed by atoms with Gasteiger partial charge in [0.05, 0.1) is 10.7 Å². The van der Waals surface area contributed by atoms with E-state index >= 15 is 0 Å². The lowest BCUT2D eigenvalue weighted by atomic mass is 9.90. The Morgan fingerprint density at radius 3 is 2.63 bits per heavy atom. The van der Waals surface area contributed by atoms with Gasteiger partial charge in [0.1, 0.15) is 0 Å². The molecule has 0 fully saturated rings. The summed E-state index contributed by atoms with van der Waals surface area (Å²) < 4.78 is 0. The number of carbonyl (C=O) groups is 1. The summed E-state index contributed by atoms with van der Waals surface area (Å²) in [7, 11) is 0. The molecule has 19 heavy (non-hydrogen) atoms. The Balaban J connectivity index is 2.22. The summed E-state index contributed by atoms with van der Waals surface area (Å²) in [4.78, 5) is 16.1. The minimum absolute atomic E-state index is 0.0796. The number of anilines is 1. The average molecular weight is 275 g/mol. The monoisotopic (exact) mass is 275 g/mol. The van der Waals surface area contributed by atoms with Crippen molar-refractivity contribution >= 4 is 28.6 Å². The van der Waals surface area contributed by atoms with Gasteiger partial charge in [0.25, 0.3) is 0 Å². The van der Waals surface area contributed by atoms with E-state index in [4.69, 9.17) is 0 Å². The lowest BCUT2D eigenvalue weighted by Gasteiger charge is -2.15. The zero-order chi connectivity index (χ0) is 14.0. The lowest BCUT2D eigenvalue weighted by molar-refractivity contribution is -0.111. The molecule has 0 saturated carbocycles. The van der Waals surface area contributed by atoms with Crippen molar-refractivity contribution in [2.45, 2.75) is 27.7 Å². The van der Waals surface area contributed by atoms with Gasteiger partial charge >= 0.3 is 0 Å². The van der Waals surface area contributed by atoms with E-state index in [-0.39, 0.29) is 11.7 Å². The smallest absolute Gasteiger partial charge is 0.182 e. The number of nitrogens with zero attached hydrogens (tertiary/aromatic N) is 2. The minimum atomic E-state index is 0.0796. The van der Waals surface area contributed by atoms with Gasteiger partial charge in [-0.3, -0.25) is 10.2 Å². The molecule has 0 bridgehead atoms. The molecule has 1 aromatic rings. The number of thiazole rings is 1. The maximum atomic E-state index is 11.8. The van der Waals surface area contributed by atoms with Crippen molar-refractivity contribution in [2.75, 3.05) is 5.43 Å². The molecule has 1 aromatic heterocycles. The van der Waals surface area contributed by atoms with Crippen molar-refractivity contribution in [3.05, 3.63) is 33.7 Å². The fourth-order valence-corrected chi connectivity index (χ4v) is 2.33. The number of rotatable bonds is 3. The molecule has 5 heteroatoms. The Hall–Kier alpha value is -1.75. The van der Waals surface area contributed by atoms with Crippen molar-refractivity contribution in [1.29, 1.82) is 0 Å². The summed E-state index contributed by atoms with van der Waals surface area (Å²) in [5.41, 5.74) is 5.38. The van der Waals surface area contributed by atoms with Gasteiger partial charge in [-0.1, -0.05) is 13.8 Å². The normalized spacial score (nSPS) is 17.7. The van der Waals surface area contributed by atoms with Crippen molar-refractivity contribution in [2.24, 2.45) is 11.0 Å². The SMILES string of the molecule is CC1=CC(=O)C(C(C)C)=C/C1=N\Nc1csc(C)n1. The van der Waals surface area contributed by atoms with Crippen LogP contribution in [0.3, 0.4) is 0 Å². The first kappa shape index (κ1) is 13.7. The highest BCUT2D eigenvalue weighted by Gasteiger charge is 2.18. The highest BCUT2D eigenvalue weighted by Crippen LogP contribution is 2.20. The van der Waals surface area contributed by atoms with Crippen LogP contribution in [0.2, 0.25) is 0 Å². The van der Waals surface area contributed by atoms with Crippen LogP contribution in [0.15, 0.2) is 33.8 Å². The number of aromatic nitrogens is 1. The van der Waals surface area contributed by atoms with Crippen molar-refractivity contribution in [3.8, 4) is 0 Å². The van der Waals surface area contributed by atoms with E-state index in [9.17, 15) is 4.79 Å². The number of hydrazone groups is 1. The molecule has 1 N–H and O–H groups in total. The molecule has 1 heterocycles. The summed E-state index contributed by atoms with van der Waals surface area (Å²) in [6.07, 6.45) is 3.50. The highest BCUT2D eigenvalue weighted by atomic mass is 32.1. The maximum absolute atomic E-state index is 11.8. The summed E-state index contributed by atoms with van der Waals surface area (Å²) in [5, 5.41) is 7.24. The van der Waals surface area contributed by atoms with E-state index in [2.05, 4.69) is 15.5 Å². The van der Waals surface area contributed by atoms with Gasteiger partial charge in [0.2, 0.25) is 0 Å². The van der Waals surface area contributed by atoms with Crippen molar-refractivity contribution in [1.82, 2.24) is 4.98 Å². The van der Waals surface area contributed by atoms with Crippen LogP contribution in [-0.2, 0) is 4.79 Å². The van der Waals surface area contributed by atoms with Gasteiger partial charge < -0.3 is 0 Å². The number of nitrogens with one attached hydrogen (secondary N) is 1. The number of ketones is 1. The Labute approximate surface area is 116 Å². The molecule has 4 nitrogen and oxygen atoms in total. The third kappa shape index (κ3) is 3.17. The van der Waals surface area contributed by atoms with Gasteiger partial charge in [-0.25, -0.2) is 4.98 Å². The summed E-state index contributed by atoms with van der Waals surface area (Å²) in [6, 6.07) is 0. The number of carbonyl (C=O) groups excluding carboxylic acids is 1. The molecule has 0 atom stereocenters. The number of allylic oxidation sites excluding steroid dienone is 4. The first-order chi connectivity index (χ1) is 8.97. The van der Waals surface area contributed by atoms with E-state index in [1.165, 1.54) is 0 Å². The molecule has 0 amide bonds. The molecule has 0 aromatic carbocycles. The van der Waals surface area contributed by atoms with Gasteiger partial charge in [0, 0.05) is 11.0 Å². The molecular weight excluding hydrogens is 258 g/mol. The fourth-order valence-electron chi connectivity index (χ4n) is 1.79. The molecule has 2 rings (SSSR count). The fraction of sp³-hybridized carbons (Fsp3) is 0.357. The second-order valence-corrected chi connectivity index (χ2v) is 5.87. The standard InChI is InChI=1S/C14H17N3OS/c1-8(2)11-6-12(9(3)5-13(11)18)16-17-14-7-19-10(4)15-14/h5-8,17H,1-4H3/b16-12+. The summed E-state index contributed by atoms with van der Waals surface area (Å²) in [5.74, 6) is 1.01. The maximum Gasteiger partial charge on any atom is 0.182 e. The van der Waals surface area contributed by atoms with E-state index in [1.807, 2.05) is 39.2 Å². The first-order valence-corrected chi connectivity index (χ1v) is 7.05. The van der Waals surface area contributed by atoms with Crippen LogP contribution in [0.5, 0.6) is 0 Å². The molecule has 1 aliphatic carbocycles. The van der Waals surface area contributed by atoms with Gasteiger partial charge in [-0.2, -0.15) is 5.10 Å². The second kappa shape index (κ2) is 5.48. The Morgan fingerprint density at radius 2 is 2.05 bits per heavy atom. The number of aryl methyl sites for hydroxylation is 1. The minimum Gasteiger partial charge on any atom is -0.290 e. The first-order valence-electron chi connectivity index (χ1n) is 6.18. The van der Waals surface area contributed by atoms with E-state index in [1.54, 1.807) is 17.4 Å². The summed E-state index contributed by atoms with van der Waals surface area (Å²) in [6.45, 7) is 7.85. The Bertz CT molecular complexity index is 594. The van der Waals surface area contributed by atoms with Crippen LogP contribution in [0, 0.1) is 12.8 Å². The van der Waals surface area contributed by atoms with Crippen LogP contribution in [-0.4, -0.2) is 16.5 Å². The van der Waals surface area contributed by atoms with Gasteiger partial charge in [-0.05, 0) is 37.5 Å². The van der Waals surface area contributed by atoms with E-state index < -0.39 is 0 Å². The van der Waals surface area contributed by atoms with Crippen LogP contribution in [0.1, 0.15) is 25.8 Å². The van der Waals surface area contributed by atoms with Gasteiger partial charge in [-0.15, -0.1) is 11.3 Å². The van der Waals surface area contributed by atoms with Crippen LogP contribution in [0.25, 0.3) is 0 Å². The molecule has 1 aliphatic rings. The molecule has 0 spiro atoms. The molecule has 0 unspecified atom stereocenters.